The van der Waals surface area contributed by atoms with Crippen LogP contribution in [-0.4, -0.2) is 10.5 Å². The van der Waals surface area contributed by atoms with Crippen molar-refractivity contribution in [3.05, 3.63) is 39.4 Å². The van der Waals surface area contributed by atoms with Crippen LogP contribution in [0.3, 0.4) is 0 Å². The first-order valence-corrected chi connectivity index (χ1v) is 5.12. The molecule has 94 valence electrons. The molecule has 0 fully saturated rings. The van der Waals surface area contributed by atoms with Crippen molar-refractivity contribution in [2.24, 2.45) is 5.73 Å². The molecular weight excluding hydrogens is 230 g/mol. The summed E-state index contributed by atoms with van der Waals surface area (Å²) in [5, 5.41) is 10.4. The molecule has 17 heavy (non-hydrogen) atoms. The number of hydrogen-bond acceptors (Lipinski definition) is 3. The van der Waals surface area contributed by atoms with Crippen LogP contribution in [-0.2, 0) is 6.42 Å². The smallest absolute Gasteiger partial charge is 0.307 e. The maximum Gasteiger partial charge on any atom is 0.307 e. The number of hydrogen-bond donors (Lipinski definition) is 1. The van der Waals surface area contributed by atoms with Gasteiger partial charge in [-0.05, 0) is 38.3 Å². The van der Waals surface area contributed by atoms with Crippen LogP contribution in [0.25, 0.3) is 0 Å². The van der Waals surface area contributed by atoms with E-state index in [1.807, 2.05) is 0 Å². The van der Waals surface area contributed by atoms with E-state index in [0.29, 0.717) is 12.5 Å². The van der Waals surface area contributed by atoms with E-state index < -0.39 is 27.8 Å². The maximum absolute atomic E-state index is 13.5. The Balaban J connectivity index is 2.96. The fraction of sp³-hybridized carbons (Fsp3) is 0.455. The molecule has 0 spiro atoms. The van der Waals surface area contributed by atoms with E-state index in [-0.39, 0.29) is 12.0 Å². The van der Waals surface area contributed by atoms with Gasteiger partial charge in [0.15, 0.2) is 0 Å². The molecular formula is C11H14F2N2O2. The van der Waals surface area contributed by atoms with Crippen molar-refractivity contribution in [3.8, 4) is 0 Å². The zero-order valence-corrected chi connectivity index (χ0v) is 9.67. The zero-order valence-electron chi connectivity index (χ0n) is 9.67. The molecule has 0 aliphatic heterocycles. The van der Waals surface area contributed by atoms with Gasteiger partial charge in [0.05, 0.1) is 11.0 Å². The number of nitrogens with zero attached hydrogens (tertiary/aromatic N) is 1. The summed E-state index contributed by atoms with van der Waals surface area (Å²) in [7, 11) is 0. The van der Waals surface area contributed by atoms with Crippen molar-refractivity contribution in [2.45, 2.75) is 32.2 Å². The van der Waals surface area contributed by atoms with E-state index in [9.17, 15) is 18.9 Å². The standard InChI is InChI=1S/C11H14F2N2O2/c1-11(2,14)4-3-7-5-9(13)10(15(16)17)6-8(7)12/h5-6H,3-4,14H2,1-2H3. The van der Waals surface area contributed by atoms with E-state index in [1.54, 1.807) is 13.8 Å². The average Bonchev–Trinajstić information content (AvgIpc) is 2.17. The Hall–Kier alpha value is -1.56. The predicted molar refractivity (Wildman–Crippen MR) is 59.6 cm³/mol. The summed E-state index contributed by atoms with van der Waals surface area (Å²) in [5.41, 5.74) is 4.48. The largest absolute Gasteiger partial charge is 0.326 e. The minimum Gasteiger partial charge on any atom is -0.326 e. The number of nitro groups is 1. The van der Waals surface area contributed by atoms with Crippen LogP contribution >= 0.6 is 0 Å². The van der Waals surface area contributed by atoms with Gasteiger partial charge in [0, 0.05) is 5.54 Å². The van der Waals surface area contributed by atoms with Gasteiger partial charge in [-0.25, -0.2) is 4.39 Å². The summed E-state index contributed by atoms with van der Waals surface area (Å²) >= 11 is 0. The normalized spacial score (nSPS) is 11.6. The number of benzene rings is 1. The van der Waals surface area contributed by atoms with Crippen LogP contribution in [0.4, 0.5) is 14.5 Å². The molecule has 0 amide bonds. The molecule has 2 N–H and O–H groups in total. The van der Waals surface area contributed by atoms with Crippen molar-refractivity contribution >= 4 is 5.69 Å². The molecule has 6 heteroatoms. The van der Waals surface area contributed by atoms with Crippen LogP contribution in [0, 0.1) is 21.7 Å². The Kier molecular flexibility index (Phi) is 3.77. The highest BCUT2D eigenvalue weighted by Gasteiger charge is 2.19. The number of rotatable bonds is 4. The van der Waals surface area contributed by atoms with Gasteiger partial charge in [-0.15, -0.1) is 0 Å². The molecule has 0 aliphatic carbocycles. The number of nitro benzene ring substituents is 1. The van der Waals surface area contributed by atoms with Gasteiger partial charge in [-0.2, -0.15) is 4.39 Å². The molecule has 0 atom stereocenters. The third-order valence-corrected chi connectivity index (χ3v) is 2.35. The second-order valence-corrected chi connectivity index (χ2v) is 4.64. The van der Waals surface area contributed by atoms with Crippen molar-refractivity contribution in [1.29, 1.82) is 0 Å². The van der Waals surface area contributed by atoms with Crippen LogP contribution < -0.4 is 5.73 Å². The number of halogens is 2. The molecule has 0 heterocycles. The molecule has 0 aliphatic rings. The predicted octanol–water partition coefficient (Wildman–Crippen LogP) is 2.54. The Morgan fingerprint density at radius 1 is 1.35 bits per heavy atom. The van der Waals surface area contributed by atoms with Crippen LogP contribution in [0.5, 0.6) is 0 Å². The first-order valence-electron chi connectivity index (χ1n) is 5.12. The highest BCUT2D eigenvalue weighted by Crippen LogP contribution is 2.23. The Bertz CT molecular complexity index is 442. The minimum atomic E-state index is -1.03. The molecule has 0 radical (unpaired) electrons. The summed E-state index contributed by atoms with van der Waals surface area (Å²) in [6.45, 7) is 3.54. The first-order chi connectivity index (χ1) is 7.70. The molecule has 0 saturated carbocycles. The van der Waals surface area contributed by atoms with Gasteiger partial charge in [-0.1, -0.05) is 0 Å². The SMILES string of the molecule is CC(C)(N)CCc1cc(F)c([N+](=O)[O-])cc1F. The molecule has 0 saturated heterocycles. The van der Waals surface area contributed by atoms with Crippen molar-refractivity contribution in [3.63, 3.8) is 0 Å². The molecule has 0 bridgehead atoms. The van der Waals surface area contributed by atoms with Crippen LogP contribution in [0.2, 0.25) is 0 Å². The fourth-order valence-corrected chi connectivity index (χ4v) is 1.37. The van der Waals surface area contributed by atoms with Gasteiger partial charge < -0.3 is 5.73 Å². The van der Waals surface area contributed by atoms with E-state index in [0.717, 1.165) is 6.07 Å². The van der Waals surface area contributed by atoms with Crippen LogP contribution in [0.15, 0.2) is 12.1 Å². The van der Waals surface area contributed by atoms with E-state index in [1.165, 1.54) is 0 Å². The number of nitrogens with two attached hydrogens (primary N) is 1. The highest BCUT2D eigenvalue weighted by atomic mass is 19.1. The number of aryl methyl sites for hydroxylation is 1. The molecule has 1 aromatic carbocycles. The molecule has 0 unspecified atom stereocenters. The first kappa shape index (κ1) is 13.5. The third kappa shape index (κ3) is 3.74. The van der Waals surface area contributed by atoms with Gasteiger partial charge in [-0.3, -0.25) is 10.1 Å². The lowest BCUT2D eigenvalue weighted by Crippen LogP contribution is -2.32. The van der Waals surface area contributed by atoms with Gasteiger partial charge in [0.25, 0.3) is 0 Å². The van der Waals surface area contributed by atoms with E-state index >= 15 is 0 Å². The van der Waals surface area contributed by atoms with Crippen molar-refractivity contribution in [1.82, 2.24) is 0 Å². The van der Waals surface area contributed by atoms with Gasteiger partial charge in [0.2, 0.25) is 5.82 Å². The minimum absolute atomic E-state index is 0.103. The topological polar surface area (TPSA) is 69.2 Å². The fourth-order valence-electron chi connectivity index (χ4n) is 1.37. The summed E-state index contributed by atoms with van der Waals surface area (Å²) < 4.78 is 26.7. The molecule has 1 rings (SSSR count). The summed E-state index contributed by atoms with van der Waals surface area (Å²) in [6.07, 6.45) is 0.700. The Morgan fingerprint density at radius 2 is 1.94 bits per heavy atom. The van der Waals surface area contributed by atoms with Gasteiger partial charge >= 0.3 is 5.69 Å². The van der Waals surface area contributed by atoms with Crippen molar-refractivity contribution < 1.29 is 13.7 Å². The average molecular weight is 244 g/mol. The van der Waals surface area contributed by atoms with E-state index in [2.05, 4.69) is 0 Å². The summed E-state index contributed by atoms with van der Waals surface area (Å²) in [5.74, 6) is -1.80. The lowest BCUT2D eigenvalue weighted by atomic mass is 9.96. The monoisotopic (exact) mass is 244 g/mol. The van der Waals surface area contributed by atoms with E-state index in [4.69, 9.17) is 5.73 Å². The third-order valence-electron chi connectivity index (χ3n) is 2.35. The van der Waals surface area contributed by atoms with Crippen molar-refractivity contribution in [2.75, 3.05) is 0 Å². The molecule has 1 aromatic rings. The molecule has 0 aromatic heterocycles. The quantitative estimate of drug-likeness (QED) is 0.653. The zero-order chi connectivity index (χ0) is 13.2. The summed E-state index contributed by atoms with van der Waals surface area (Å²) in [6, 6.07) is 1.47. The lowest BCUT2D eigenvalue weighted by Gasteiger charge is -2.18. The Morgan fingerprint density at radius 3 is 2.41 bits per heavy atom. The second-order valence-electron chi connectivity index (χ2n) is 4.64. The molecule has 4 nitrogen and oxygen atoms in total. The highest BCUT2D eigenvalue weighted by molar-refractivity contribution is 5.36. The van der Waals surface area contributed by atoms with Gasteiger partial charge in [0.1, 0.15) is 5.82 Å². The second kappa shape index (κ2) is 4.75. The summed E-state index contributed by atoms with van der Waals surface area (Å²) in [4.78, 5) is 9.43. The lowest BCUT2D eigenvalue weighted by molar-refractivity contribution is -0.387. The van der Waals surface area contributed by atoms with Crippen LogP contribution in [0.1, 0.15) is 25.8 Å². The maximum atomic E-state index is 13.5. The Labute approximate surface area is 97.6 Å².